The van der Waals surface area contributed by atoms with Gasteiger partial charge in [0.25, 0.3) is 5.91 Å². The van der Waals surface area contributed by atoms with Crippen LogP contribution in [0.25, 0.3) is 0 Å². The van der Waals surface area contributed by atoms with Gasteiger partial charge in [-0.2, -0.15) is 0 Å². The lowest BCUT2D eigenvalue weighted by Crippen LogP contribution is -2.45. The molecule has 0 saturated carbocycles. The van der Waals surface area contributed by atoms with Gasteiger partial charge in [0.15, 0.2) is 11.4 Å². The van der Waals surface area contributed by atoms with E-state index in [1.165, 1.54) is 0 Å². The largest absolute Gasteiger partial charge is 0.474 e. The van der Waals surface area contributed by atoms with Gasteiger partial charge in [0.1, 0.15) is 0 Å². The van der Waals surface area contributed by atoms with Gasteiger partial charge in [0.2, 0.25) is 0 Å². The van der Waals surface area contributed by atoms with E-state index in [0.717, 1.165) is 0 Å². The average molecular weight is 246 g/mol. The molecule has 0 atom stereocenters. The zero-order chi connectivity index (χ0) is 11.2. The molecule has 3 nitrogen and oxygen atoms in total. The molecule has 1 aliphatic rings. The van der Waals surface area contributed by atoms with E-state index in [2.05, 4.69) is 5.32 Å². The maximum absolute atomic E-state index is 11.6. The van der Waals surface area contributed by atoms with E-state index in [4.69, 9.17) is 27.9 Å². The molecule has 0 fully saturated rings. The molecule has 0 bridgehead atoms. The lowest BCUT2D eigenvalue weighted by molar-refractivity contribution is -0.129. The number of nitrogens with one attached hydrogen (secondary N) is 1. The van der Waals surface area contributed by atoms with Crippen molar-refractivity contribution in [2.45, 2.75) is 19.4 Å². The minimum Gasteiger partial charge on any atom is -0.474 e. The van der Waals surface area contributed by atoms with E-state index in [1.54, 1.807) is 26.0 Å². The van der Waals surface area contributed by atoms with Crippen molar-refractivity contribution in [3.8, 4) is 5.75 Å². The maximum atomic E-state index is 11.6. The van der Waals surface area contributed by atoms with E-state index in [-0.39, 0.29) is 5.91 Å². The van der Waals surface area contributed by atoms with Crippen LogP contribution in [0.15, 0.2) is 12.1 Å². The summed E-state index contributed by atoms with van der Waals surface area (Å²) < 4.78 is 5.51. The van der Waals surface area contributed by atoms with Gasteiger partial charge in [0, 0.05) is 5.02 Å². The van der Waals surface area contributed by atoms with Crippen LogP contribution in [0.2, 0.25) is 10.0 Å². The van der Waals surface area contributed by atoms with Crippen molar-refractivity contribution in [2.75, 3.05) is 5.32 Å². The van der Waals surface area contributed by atoms with Crippen molar-refractivity contribution < 1.29 is 9.53 Å². The summed E-state index contributed by atoms with van der Waals surface area (Å²) in [6.45, 7) is 3.35. The monoisotopic (exact) mass is 245 g/mol. The Labute approximate surface area is 97.3 Å². The number of amides is 1. The Kier molecular flexibility index (Phi) is 2.32. The molecule has 5 heteroatoms. The highest BCUT2D eigenvalue weighted by Gasteiger charge is 2.36. The number of anilines is 1. The first kappa shape index (κ1) is 10.6. The standard InChI is InChI=1S/C10H9Cl2NO2/c1-10(2)9(14)13-7-4-5(11)3-6(12)8(7)15-10/h3-4H,1-2H3,(H,13,14). The highest BCUT2D eigenvalue weighted by Crippen LogP contribution is 2.41. The van der Waals surface area contributed by atoms with E-state index in [1.807, 2.05) is 0 Å². The summed E-state index contributed by atoms with van der Waals surface area (Å²) in [4.78, 5) is 11.6. The fourth-order valence-corrected chi connectivity index (χ4v) is 1.86. The van der Waals surface area contributed by atoms with Crippen LogP contribution in [-0.2, 0) is 4.79 Å². The van der Waals surface area contributed by atoms with Crippen LogP contribution in [0.1, 0.15) is 13.8 Å². The highest BCUT2D eigenvalue weighted by atomic mass is 35.5. The highest BCUT2D eigenvalue weighted by molar-refractivity contribution is 6.36. The van der Waals surface area contributed by atoms with Gasteiger partial charge >= 0.3 is 0 Å². The van der Waals surface area contributed by atoms with Crippen molar-refractivity contribution in [3.05, 3.63) is 22.2 Å². The number of rotatable bonds is 0. The zero-order valence-electron chi connectivity index (χ0n) is 8.23. The van der Waals surface area contributed by atoms with E-state index in [0.29, 0.717) is 21.5 Å². The molecule has 2 rings (SSSR count). The molecule has 0 saturated heterocycles. The Hall–Kier alpha value is -0.930. The fraction of sp³-hybridized carbons (Fsp3) is 0.300. The van der Waals surface area contributed by atoms with Crippen LogP contribution in [0, 0.1) is 0 Å². The van der Waals surface area contributed by atoms with Crippen LogP contribution in [0.4, 0.5) is 5.69 Å². The molecule has 0 spiro atoms. The Morgan fingerprint density at radius 1 is 1.33 bits per heavy atom. The summed E-state index contributed by atoms with van der Waals surface area (Å²) in [5.41, 5.74) is -0.401. The molecule has 80 valence electrons. The topological polar surface area (TPSA) is 38.3 Å². The van der Waals surface area contributed by atoms with Gasteiger partial charge in [-0.1, -0.05) is 23.2 Å². The second kappa shape index (κ2) is 3.29. The Balaban J connectivity index is 2.55. The molecule has 1 amide bonds. The molecule has 0 unspecified atom stereocenters. The molecule has 1 aromatic carbocycles. The fourth-order valence-electron chi connectivity index (χ4n) is 1.33. The summed E-state index contributed by atoms with van der Waals surface area (Å²) in [6.07, 6.45) is 0. The first-order valence-electron chi connectivity index (χ1n) is 4.40. The molecule has 0 radical (unpaired) electrons. The molecule has 0 aliphatic carbocycles. The van der Waals surface area contributed by atoms with E-state index < -0.39 is 5.60 Å². The molecule has 15 heavy (non-hydrogen) atoms. The van der Waals surface area contributed by atoms with Gasteiger partial charge < -0.3 is 10.1 Å². The number of carbonyl (C=O) groups excluding carboxylic acids is 1. The maximum Gasteiger partial charge on any atom is 0.268 e. The molecule has 1 aromatic rings. The first-order valence-corrected chi connectivity index (χ1v) is 5.15. The zero-order valence-corrected chi connectivity index (χ0v) is 9.74. The summed E-state index contributed by atoms with van der Waals surface area (Å²) in [5.74, 6) is 0.249. The third-order valence-corrected chi connectivity index (χ3v) is 2.66. The van der Waals surface area contributed by atoms with E-state index >= 15 is 0 Å². The van der Waals surface area contributed by atoms with Crippen molar-refractivity contribution in [3.63, 3.8) is 0 Å². The molecule has 0 aromatic heterocycles. The SMILES string of the molecule is CC1(C)Oc2c(Cl)cc(Cl)cc2NC1=O. The Morgan fingerprint density at radius 3 is 2.67 bits per heavy atom. The second-order valence-electron chi connectivity index (χ2n) is 3.83. The van der Waals surface area contributed by atoms with Crippen molar-refractivity contribution in [1.29, 1.82) is 0 Å². The van der Waals surface area contributed by atoms with Crippen molar-refractivity contribution in [1.82, 2.24) is 0 Å². The normalized spacial score (nSPS) is 17.7. The van der Waals surface area contributed by atoms with Gasteiger partial charge in [-0.15, -0.1) is 0 Å². The number of ether oxygens (including phenoxy) is 1. The molecule has 1 N–H and O–H groups in total. The third kappa shape index (κ3) is 1.77. The minimum absolute atomic E-state index is 0.215. The molecular weight excluding hydrogens is 237 g/mol. The van der Waals surface area contributed by atoms with Gasteiger partial charge in [-0.05, 0) is 26.0 Å². The summed E-state index contributed by atoms with van der Waals surface area (Å²) in [7, 11) is 0. The number of hydrogen-bond donors (Lipinski definition) is 1. The smallest absolute Gasteiger partial charge is 0.268 e. The third-order valence-electron chi connectivity index (χ3n) is 2.16. The number of hydrogen-bond acceptors (Lipinski definition) is 2. The number of fused-ring (bicyclic) bond motifs is 1. The van der Waals surface area contributed by atoms with Gasteiger partial charge in [-0.25, -0.2) is 0 Å². The van der Waals surface area contributed by atoms with Crippen LogP contribution in [0.3, 0.4) is 0 Å². The summed E-state index contributed by atoms with van der Waals surface area (Å²) in [6, 6.07) is 3.19. The van der Waals surface area contributed by atoms with Crippen LogP contribution >= 0.6 is 23.2 Å². The molecular formula is C10H9Cl2NO2. The van der Waals surface area contributed by atoms with Crippen LogP contribution < -0.4 is 10.1 Å². The van der Waals surface area contributed by atoms with E-state index in [9.17, 15) is 4.79 Å². The Bertz CT molecular complexity index is 443. The second-order valence-corrected chi connectivity index (χ2v) is 4.67. The summed E-state index contributed by atoms with van der Waals surface area (Å²) >= 11 is 11.8. The lowest BCUT2D eigenvalue weighted by atomic mass is 10.1. The number of carbonyl (C=O) groups is 1. The van der Waals surface area contributed by atoms with Gasteiger partial charge in [0.05, 0.1) is 10.7 Å². The lowest BCUT2D eigenvalue weighted by Gasteiger charge is -2.32. The van der Waals surface area contributed by atoms with Crippen molar-refractivity contribution >= 4 is 34.8 Å². The van der Waals surface area contributed by atoms with Crippen LogP contribution in [-0.4, -0.2) is 11.5 Å². The number of benzene rings is 1. The Morgan fingerprint density at radius 2 is 2.00 bits per heavy atom. The first-order chi connectivity index (χ1) is 6.90. The number of halogens is 2. The minimum atomic E-state index is -0.912. The van der Waals surface area contributed by atoms with Gasteiger partial charge in [-0.3, -0.25) is 4.79 Å². The quantitative estimate of drug-likeness (QED) is 0.763. The average Bonchev–Trinajstić information content (AvgIpc) is 2.09. The summed E-state index contributed by atoms with van der Waals surface area (Å²) in [5, 5.41) is 3.55. The predicted octanol–water partition coefficient (Wildman–Crippen LogP) is 3.10. The predicted molar refractivity (Wildman–Crippen MR) is 59.8 cm³/mol. The van der Waals surface area contributed by atoms with Crippen LogP contribution in [0.5, 0.6) is 5.75 Å². The molecule has 1 heterocycles. The molecule has 1 aliphatic heterocycles. The van der Waals surface area contributed by atoms with Crippen molar-refractivity contribution in [2.24, 2.45) is 0 Å².